The van der Waals surface area contributed by atoms with Crippen LogP contribution >= 0.6 is 36.2 Å². The summed E-state index contributed by atoms with van der Waals surface area (Å²) in [6.45, 7) is 2.82. The lowest BCUT2D eigenvalue weighted by Crippen LogP contribution is -2.64. The molecule has 1 unspecified atom stereocenters. The van der Waals surface area contributed by atoms with Gasteiger partial charge in [-0.2, -0.15) is 0 Å². The number of nitrogens with zero attached hydrogens (tertiary/aromatic N) is 5. The zero-order chi connectivity index (χ0) is 67.5. The molecule has 0 saturated carbocycles. The van der Waals surface area contributed by atoms with Crippen LogP contribution in [0.1, 0.15) is 73.5 Å². The molecule has 16 N–H and O–H groups in total. The lowest BCUT2D eigenvalue weighted by atomic mass is 9.87. The SMILES string of the molecule is COC(c1ccccc1)C1CCN(c2ccc(-c3nnc(-c4ccc(C(=O)N[C@H]5C[C@@H](O)CNC(=O)[C@@H]6[C@@H](O)[C@@H](C)CN6C(=O)[C@H]([C@H](O)CCN)NC(=O)[C@H]([C@H](O)Cc6ccc(O)c(OCCN)c6)NC(=O)[C@@H]6C[C@@H](O)CN6C(=O)[C@H]([C@@H](C)O)NC5=O)cc4)s3)cc2)CC1.Cl.Cl. The molecule has 4 aliphatic heterocycles. The number of rotatable bonds is 18. The zero-order valence-corrected chi connectivity index (χ0v) is 55.7. The van der Waals surface area contributed by atoms with Gasteiger partial charge < -0.3 is 98.0 Å². The van der Waals surface area contributed by atoms with Gasteiger partial charge in [-0.3, -0.25) is 33.6 Å². The van der Waals surface area contributed by atoms with Crippen molar-refractivity contribution in [3.8, 4) is 32.6 Å². The second kappa shape index (κ2) is 34.5. The highest BCUT2D eigenvalue weighted by molar-refractivity contribution is 7.17. The number of nitrogens with one attached hydrogen (secondary N) is 5. The number of ether oxygens (including phenoxy) is 2. The fourth-order valence-corrected chi connectivity index (χ4v) is 13.4. The van der Waals surface area contributed by atoms with Crippen LogP contribution in [0.2, 0.25) is 0 Å². The van der Waals surface area contributed by atoms with Crippen molar-refractivity contribution in [3.05, 3.63) is 114 Å². The van der Waals surface area contributed by atoms with Gasteiger partial charge in [0.25, 0.3) is 5.91 Å². The fourth-order valence-electron chi connectivity index (χ4n) is 12.6. The first kappa shape index (κ1) is 75.7. The summed E-state index contributed by atoms with van der Waals surface area (Å²) in [6.07, 6.45) is -9.89. The van der Waals surface area contributed by atoms with E-state index >= 15 is 0 Å². The van der Waals surface area contributed by atoms with E-state index in [1.54, 1.807) is 19.2 Å². The molecule has 14 atom stereocenters. The number of aliphatic hydroxyl groups excluding tert-OH is 6. The number of nitrogens with two attached hydrogens (primary N) is 2. The smallest absolute Gasteiger partial charge is 0.251 e. The summed E-state index contributed by atoms with van der Waals surface area (Å²) in [6, 6.07) is 17.6. The van der Waals surface area contributed by atoms with Crippen LogP contribution in [0.3, 0.4) is 0 Å². The average Bonchev–Trinajstić information content (AvgIpc) is 1.63. The molecule has 5 heterocycles. The molecule has 7 amide bonds. The quantitative estimate of drug-likeness (QED) is 0.0534. The molecule has 522 valence electrons. The maximum absolute atomic E-state index is 14.7. The summed E-state index contributed by atoms with van der Waals surface area (Å²) in [5.74, 6) is -8.26. The second-order valence-corrected chi connectivity index (χ2v) is 25.4. The molecule has 96 heavy (non-hydrogen) atoms. The summed E-state index contributed by atoms with van der Waals surface area (Å²) >= 11 is 1.33. The van der Waals surface area contributed by atoms with Crippen molar-refractivity contribution in [2.24, 2.45) is 23.3 Å². The van der Waals surface area contributed by atoms with Crippen molar-refractivity contribution < 1.29 is 78.8 Å². The Kier molecular flexibility index (Phi) is 27.2. The van der Waals surface area contributed by atoms with E-state index in [4.69, 9.17) is 20.9 Å². The third-order valence-corrected chi connectivity index (χ3v) is 18.7. The van der Waals surface area contributed by atoms with Crippen LogP contribution in [0.5, 0.6) is 11.5 Å². The normalized spacial score (nSPS) is 25.4. The first-order valence-corrected chi connectivity index (χ1v) is 32.3. The molecule has 4 aliphatic rings. The first-order valence-electron chi connectivity index (χ1n) is 31.5. The van der Waals surface area contributed by atoms with E-state index in [9.17, 15) is 69.3 Å². The Morgan fingerprint density at radius 3 is 1.98 bits per heavy atom. The lowest BCUT2D eigenvalue weighted by molar-refractivity contribution is -0.147. The Morgan fingerprint density at radius 1 is 0.729 bits per heavy atom. The minimum absolute atomic E-state index is 0. The number of hydrogen-bond donors (Lipinski definition) is 14. The fraction of sp³-hybridized carbons (Fsp3) is 0.492. The number of methoxy groups -OCH3 is 1. The molecule has 0 spiro atoms. The van der Waals surface area contributed by atoms with Gasteiger partial charge in [-0.15, -0.1) is 35.0 Å². The van der Waals surface area contributed by atoms with Crippen LogP contribution < -0.4 is 47.7 Å². The highest BCUT2D eigenvalue weighted by Gasteiger charge is 2.50. The topological polar surface area (TPSA) is 427 Å². The molecule has 28 nitrogen and oxygen atoms in total. The summed E-state index contributed by atoms with van der Waals surface area (Å²) < 4.78 is 11.5. The third kappa shape index (κ3) is 18.1. The second-order valence-electron chi connectivity index (χ2n) is 24.4. The number of fused-ring (bicyclic) bond motifs is 2. The van der Waals surface area contributed by atoms with Crippen molar-refractivity contribution in [1.82, 2.24) is 46.6 Å². The monoisotopic (exact) mass is 1390 g/mol. The predicted molar refractivity (Wildman–Crippen MR) is 358 cm³/mol. The number of hydrogen-bond acceptors (Lipinski definition) is 22. The molecule has 4 fully saturated rings. The predicted octanol–water partition coefficient (Wildman–Crippen LogP) is -0.340. The molecule has 0 aliphatic carbocycles. The molecule has 5 aromatic rings. The number of carbonyl (C=O) groups is 7. The molecule has 0 bridgehead atoms. The van der Waals surface area contributed by atoms with Crippen molar-refractivity contribution in [1.29, 1.82) is 0 Å². The Morgan fingerprint density at radius 2 is 1.35 bits per heavy atom. The summed E-state index contributed by atoms with van der Waals surface area (Å²) in [5, 5.41) is 102. The highest BCUT2D eigenvalue weighted by Crippen LogP contribution is 2.37. The number of aromatic nitrogens is 2. The Labute approximate surface area is 571 Å². The van der Waals surface area contributed by atoms with Crippen LogP contribution in [-0.2, 0) is 39.9 Å². The van der Waals surface area contributed by atoms with Crippen LogP contribution in [0, 0.1) is 11.8 Å². The van der Waals surface area contributed by atoms with Crippen LogP contribution in [0.15, 0.2) is 97.1 Å². The molecule has 31 heteroatoms. The van der Waals surface area contributed by atoms with E-state index in [1.807, 2.05) is 30.3 Å². The first-order chi connectivity index (χ1) is 45.1. The molecule has 0 radical (unpaired) electrons. The standard InChI is InChI=1S/C65H84N12O16S.2ClH/c1-34-32-77-54(55(34)84)61(89)68-31-43(79)29-45(69-57(85)39-10-12-40(13-11-39)62-73-74-63(94-62)41-14-16-42(17-15-41)75-24-20-38(21-25-75)56(92-3)37-7-5-4-6-8-37)58(86)70-51(35(2)78)64(90)76-33-44(80)30-46(76)59(87)71-52(60(88)72-53(65(77)91)48(82)19-22-66)49(83)27-36-9-18-47(81)50(28-36)93-26-23-67;;/h4-18,28,34-35,38,43-46,48-49,51-56,78-84H,19-27,29-33,66-67H2,1-3H3,(H,68,89)(H,69,85)(H,70,86)(H,71,87)(H,72,88);2*1H/t34-,35+,43+,44+,45-,46-,48+,49+,51-,52-,53-,54-,55-,56?;;/m0../s1. The molecular weight excluding hydrogens is 1310 g/mol. The van der Waals surface area contributed by atoms with Crippen LogP contribution in [0.4, 0.5) is 5.69 Å². The number of benzene rings is 4. The van der Waals surface area contributed by atoms with Gasteiger partial charge in [-0.05, 0) is 98.3 Å². The minimum Gasteiger partial charge on any atom is -0.504 e. The Balaban J connectivity index is 0.00000650. The van der Waals surface area contributed by atoms with Crippen molar-refractivity contribution >= 4 is 83.2 Å². The number of phenols is 1. The molecule has 4 saturated heterocycles. The third-order valence-electron chi connectivity index (χ3n) is 17.7. The number of anilines is 1. The number of carbonyl (C=O) groups excluding carboxylic acids is 7. The molecule has 4 aromatic carbocycles. The summed E-state index contributed by atoms with van der Waals surface area (Å²) in [7, 11) is 1.76. The summed E-state index contributed by atoms with van der Waals surface area (Å²) in [4.78, 5) is 106. The maximum Gasteiger partial charge on any atom is 0.251 e. The number of amides is 7. The Bertz CT molecular complexity index is 3450. The molecule has 1 aromatic heterocycles. The molecular formula is C65H86Cl2N12O16S. The van der Waals surface area contributed by atoms with Crippen molar-refractivity contribution in [2.75, 3.05) is 64.4 Å². The van der Waals surface area contributed by atoms with E-state index in [2.05, 4.69) is 65.9 Å². The summed E-state index contributed by atoms with van der Waals surface area (Å²) in [5.41, 5.74) is 15.4. The van der Waals surface area contributed by atoms with Gasteiger partial charge in [-0.25, -0.2) is 0 Å². The van der Waals surface area contributed by atoms with Crippen LogP contribution in [0.25, 0.3) is 21.1 Å². The number of phenolic OH excluding ortho intramolecular Hbond substituents is 1. The number of piperidine rings is 1. The largest absolute Gasteiger partial charge is 0.504 e. The van der Waals surface area contributed by atoms with E-state index < -0.39 is 152 Å². The van der Waals surface area contributed by atoms with Crippen molar-refractivity contribution in [3.63, 3.8) is 0 Å². The van der Waals surface area contributed by atoms with E-state index in [0.29, 0.717) is 21.5 Å². The number of aliphatic hydroxyl groups is 6. The average molecular weight is 1390 g/mol. The van der Waals surface area contributed by atoms with Gasteiger partial charge in [0.15, 0.2) is 11.5 Å². The van der Waals surface area contributed by atoms with Gasteiger partial charge in [-0.1, -0.05) is 66.8 Å². The number of halogens is 2. The van der Waals surface area contributed by atoms with E-state index in [1.165, 1.54) is 54.2 Å². The van der Waals surface area contributed by atoms with Gasteiger partial charge in [0.2, 0.25) is 35.4 Å². The van der Waals surface area contributed by atoms with Gasteiger partial charge in [0, 0.05) is 93.9 Å². The van der Waals surface area contributed by atoms with Crippen molar-refractivity contribution in [2.45, 2.75) is 131 Å². The highest BCUT2D eigenvalue weighted by atomic mass is 35.5. The number of aromatic hydroxyl groups is 1. The zero-order valence-electron chi connectivity index (χ0n) is 53.2. The van der Waals surface area contributed by atoms with Gasteiger partial charge in [0.05, 0.1) is 42.7 Å². The van der Waals surface area contributed by atoms with Crippen LogP contribution in [-0.4, -0.2) is 229 Å². The minimum atomic E-state index is -2.04. The molecule has 9 rings (SSSR count). The maximum atomic E-state index is 14.7. The number of β-amino-alcohol motifs (C(OH)–C–C–N with tert-alkyl or cyclic N) is 1. The van der Waals surface area contributed by atoms with Gasteiger partial charge in [0.1, 0.15) is 52.9 Å². The van der Waals surface area contributed by atoms with E-state index in [0.717, 1.165) is 53.9 Å². The van der Waals surface area contributed by atoms with Gasteiger partial charge >= 0.3 is 0 Å². The van der Waals surface area contributed by atoms with E-state index in [-0.39, 0.29) is 86.2 Å². The Hall–Kier alpha value is -7.65. The lowest BCUT2D eigenvalue weighted by Gasteiger charge is -2.37.